The zero-order chi connectivity index (χ0) is 23.5. The van der Waals surface area contributed by atoms with Crippen molar-refractivity contribution in [2.45, 2.75) is 92.4 Å². The van der Waals surface area contributed by atoms with Gasteiger partial charge in [0.2, 0.25) is 0 Å². The lowest BCUT2D eigenvalue weighted by molar-refractivity contribution is -0.156. The molecule has 0 aromatic carbocycles. The first-order valence-electron chi connectivity index (χ1n) is 11.6. The molecule has 0 saturated carbocycles. The number of amides is 1. The number of esters is 2. The average Bonchev–Trinajstić information content (AvgIpc) is 2.75. The number of hydrogen-bond donors (Lipinski definition) is 1. The molecule has 0 rings (SSSR count). The highest BCUT2D eigenvalue weighted by Gasteiger charge is 2.26. The van der Waals surface area contributed by atoms with Gasteiger partial charge in [-0.3, -0.25) is 14.4 Å². The first-order chi connectivity index (χ1) is 14.8. The van der Waals surface area contributed by atoms with E-state index in [0.29, 0.717) is 38.2 Å². The quantitative estimate of drug-likeness (QED) is 0.138. The molecule has 8 heteroatoms. The van der Waals surface area contributed by atoms with Crippen molar-refractivity contribution < 1.29 is 33.4 Å². The summed E-state index contributed by atoms with van der Waals surface area (Å²) in [7, 11) is 0. The molecule has 0 bridgehead atoms. The van der Waals surface area contributed by atoms with E-state index in [1.807, 2.05) is 20.8 Å². The van der Waals surface area contributed by atoms with Crippen LogP contribution in [-0.2, 0) is 28.6 Å². The summed E-state index contributed by atoms with van der Waals surface area (Å²) in [6, 6.07) is 0. The zero-order valence-corrected chi connectivity index (χ0v) is 20.1. The number of carbonyl (C=O) groups is 3. The minimum Gasteiger partial charge on any atom is -0.465 e. The van der Waals surface area contributed by atoms with Crippen molar-refractivity contribution in [2.24, 2.45) is 11.3 Å². The minimum atomic E-state index is -0.697. The van der Waals surface area contributed by atoms with Crippen LogP contribution < -0.4 is 5.48 Å². The van der Waals surface area contributed by atoms with Gasteiger partial charge in [-0.25, -0.2) is 4.79 Å². The lowest BCUT2D eigenvalue weighted by Gasteiger charge is -2.20. The van der Waals surface area contributed by atoms with Crippen molar-refractivity contribution in [2.75, 3.05) is 26.4 Å². The molecular weight excluding hydrogens is 402 g/mol. The highest BCUT2D eigenvalue weighted by Crippen LogP contribution is 2.21. The molecule has 0 aliphatic rings. The topological polar surface area (TPSA) is 100 Å². The van der Waals surface area contributed by atoms with Crippen LogP contribution in [-0.4, -0.2) is 44.5 Å². The fraction of sp³-hybridized carbons (Fsp3) is 0.870. The predicted molar refractivity (Wildman–Crippen MR) is 118 cm³/mol. The third-order valence-corrected chi connectivity index (χ3v) is 5.29. The van der Waals surface area contributed by atoms with E-state index in [4.69, 9.17) is 19.0 Å². The first-order valence-corrected chi connectivity index (χ1v) is 11.6. The highest BCUT2D eigenvalue weighted by atomic mass is 16.7. The average molecular weight is 446 g/mol. The molecule has 1 unspecified atom stereocenters. The van der Waals surface area contributed by atoms with E-state index >= 15 is 0 Å². The van der Waals surface area contributed by atoms with Gasteiger partial charge in [-0.15, -0.1) is 0 Å². The molecule has 0 aliphatic heterocycles. The summed E-state index contributed by atoms with van der Waals surface area (Å²) >= 11 is 0. The Kier molecular flexibility index (Phi) is 16.8. The third-order valence-electron chi connectivity index (χ3n) is 5.29. The molecule has 0 spiro atoms. The Labute approximate surface area is 187 Å². The number of carbonyl (C=O) groups excluding carboxylic acids is 3. The van der Waals surface area contributed by atoms with Crippen LogP contribution in [0.3, 0.4) is 0 Å². The largest absolute Gasteiger partial charge is 0.465 e. The van der Waals surface area contributed by atoms with Gasteiger partial charge in [0.1, 0.15) is 13.2 Å². The Morgan fingerprint density at radius 1 is 0.871 bits per heavy atom. The van der Waals surface area contributed by atoms with Crippen LogP contribution in [0, 0.1) is 11.3 Å². The van der Waals surface area contributed by atoms with Gasteiger partial charge in [0, 0.05) is 6.42 Å². The van der Waals surface area contributed by atoms with Crippen LogP contribution >= 0.6 is 0 Å². The smallest absolute Gasteiger partial charge is 0.431 e. The molecule has 0 aliphatic carbocycles. The van der Waals surface area contributed by atoms with Crippen molar-refractivity contribution in [3.8, 4) is 0 Å². The van der Waals surface area contributed by atoms with Crippen LogP contribution in [0.5, 0.6) is 0 Å². The van der Waals surface area contributed by atoms with Crippen LogP contribution in [0.25, 0.3) is 0 Å². The molecule has 0 aromatic rings. The van der Waals surface area contributed by atoms with Gasteiger partial charge in [0.25, 0.3) is 0 Å². The number of hydroxylamine groups is 1. The normalized spacial score (nSPS) is 12.2. The molecule has 31 heavy (non-hydrogen) atoms. The molecule has 182 valence electrons. The van der Waals surface area contributed by atoms with E-state index in [9.17, 15) is 14.4 Å². The van der Waals surface area contributed by atoms with Gasteiger partial charge in [0.05, 0.1) is 18.6 Å². The van der Waals surface area contributed by atoms with Gasteiger partial charge in [-0.1, -0.05) is 40.0 Å². The summed E-state index contributed by atoms with van der Waals surface area (Å²) in [6.45, 7) is 10.7. The highest BCUT2D eigenvalue weighted by molar-refractivity contribution is 5.75. The Bertz CT molecular complexity index is 508. The number of unbranched alkanes of at least 4 members (excludes halogenated alkanes) is 3. The third kappa shape index (κ3) is 15.6. The van der Waals surface area contributed by atoms with E-state index in [1.165, 1.54) is 6.42 Å². The molecule has 0 radical (unpaired) electrons. The maximum atomic E-state index is 11.8. The summed E-state index contributed by atoms with van der Waals surface area (Å²) in [4.78, 5) is 40.0. The molecule has 1 atom stereocenters. The monoisotopic (exact) mass is 445 g/mol. The van der Waals surface area contributed by atoms with Gasteiger partial charge < -0.3 is 14.2 Å². The van der Waals surface area contributed by atoms with E-state index < -0.39 is 11.5 Å². The van der Waals surface area contributed by atoms with Gasteiger partial charge in [-0.05, 0) is 51.9 Å². The van der Waals surface area contributed by atoms with Crippen LogP contribution in [0.15, 0.2) is 0 Å². The molecule has 0 heterocycles. The second kappa shape index (κ2) is 17.8. The second-order valence-electron chi connectivity index (χ2n) is 8.37. The Hall–Kier alpha value is -1.83. The molecule has 0 saturated heterocycles. The van der Waals surface area contributed by atoms with Crippen molar-refractivity contribution in [3.63, 3.8) is 0 Å². The van der Waals surface area contributed by atoms with Crippen LogP contribution in [0.4, 0.5) is 4.79 Å². The van der Waals surface area contributed by atoms with Crippen molar-refractivity contribution in [1.29, 1.82) is 0 Å². The fourth-order valence-electron chi connectivity index (χ4n) is 2.55. The lowest BCUT2D eigenvalue weighted by Crippen LogP contribution is -2.29. The molecule has 0 fully saturated rings. The second-order valence-corrected chi connectivity index (χ2v) is 8.37. The zero-order valence-electron chi connectivity index (χ0n) is 20.1. The maximum Gasteiger partial charge on any atom is 0.431 e. The molecular formula is C23H43NO7. The Morgan fingerprint density at radius 2 is 1.61 bits per heavy atom. The Balaban J connectivity index is 3.61. The van der Waals surface area contributed by atoms with Crippen molar-refractivity contribution in [3.05, 3.63) is 0 Å². The van der Waals surface area contributed by atoms with Crippen molar-refractivity contribution in [1.82, 2.24) is 5.48 Å². The summed E-state index contributed by atoms with van der Waals surface area (Å²) in [5.41, 5.74) is 1.61. The number of rotatable bonds is 18. The van der Waals surface area contributed by atoms with E-state index in [2.05, 4.69) is 19.3 Å². The summed E-state index contributed by atoms with van der Waals surface area (Å²) in [6.07, 6.45) is 6.93. The number of hydrogen-bond acceptors (Lipinski definition) is 7. The number of ether oxygens (including phenoxy) is 3. The summed E-state index contributed by atoms with van der Waals surface area (Å²) in [5, 5.41) is 0. The van der Waals surface area contributed by atoms with Gasteiger partial charge in [-0.2, -0.15) is 5.48 Å². The summed E-state index contributed by atoms with van der Waals surface area (Å²) in [5.74, 6) is -0.00923. The van der Waals surface area contributed by atoms with E-state index in [-0.39, 0.29) is 31.8 Å². The molecule has 0 aromatic heterocycles. The van der Waals surface area contributed by atoms with E-state index in [0.717, 1.165) is 25.7 Å². The van der Waals surface area contributed by atoms with E-state index in [1.54, 1.807) is 0 Å². The predicted octanol–water partition coefficient (Wildman–Crippen LogP) is 4.94. The summed E-state index contributed by atoms with van der Waals surface area (Å²) < 4.78 is 15.4. The van der Waals surface area contributed by atoms with Gasteiger partial charge in [0.15, 0.2) is 0 Å². The SMILES string of the molecule is CCCCC(CC)COC(=O)CCCCCOC(=O)NOCCOC(=O)C(C)(C)CC. The minimum absolute atomic E-state index is 0.0417. The Morgan fingerprint density at radius 3 is 2.26 bits per heavy atom. The fourth-order valence-corrected chi connectivity index (χ4v) is 2.55. The molecule has 8 nitrogen and oxygen atoms in total. The van der Waals surface area contributed by atoms with Gasteiger partial charge >= 0.3 is 18.0 Å². The van der Waals surface area contributed by atoms with Crippen LogP contribution in [0.2, 0.25) is 0 Å². The van der Waals surface area contributed by atoms with Crippen molar-refractivity contribution >= 4 is 18.0 Å². The molecule has 1 amide bonds. The maximum absolute atomic E-state index is 11.8. The molecule has 1 N–H and O–H groups in total. The lowest BCUT2D eigenvalue weighted by atomic mass is 9.91. The standard InChI is InChI=1S/C23H43NO7/c1-6-9-13-19(7-2)18-30-20(25)14-11-10-12-15-29-22(27)24-31-17-16-28-21(26)23(4,5)8-3/h19H,6-18H2,1-5H3,(H,24,27). The number of nitrogens with one attached hydrogen (secondary N) is 1. The van der Waals surface area contributed by atoms with Crippen LogP contribution in [0.1, 0.15) is 92.4 Å². The first kappa shape index (κ1) is 29.2.